The Hall–Kier alpha value is -3.47. The summed E-state index contributed by atoms with van der Waals surface area (Å²) in [6, 6.07) is 9.83. The molecule has 0 radical (unpaired) electrons. The molecule has 2 fully saturated rings. The van der Waals surface area contributed by atoms with Crippen LogP contribution in [0.25, 0.3) is 10.8 Å². The molecule has 3 heterocycles. The number of nitrogens with zero attached hydrogens (tertiary/aromatic N) is 3. The quantitative estimate of drug-likeness (QED) is 0.568. The number of pyridine rings is 2. The van der Waals surface area contributed by atoms with Crippen molar-refractivity contribution in [2.75, 3.05) is 37.8 Å². The van der Waals surface area contributed by atoms with Gasteiger partial charge in [0.1, 0.15) is 11.6 Å². The van der Waals surface area contributed by atoms with Crippen LogP contribution in [0.5, 0.6) is 0 Å². The molecule has 0 unspecified atom stereocenters. The number of ether oxygens (including phenoxy) is 1. The van der Waals surface area contributed by atoms with Gasteiger partial charge in [0.05, 0.1) is 11.7 Å². The SMILES string of the molecule is [2H]C([2H])([2H])Nc1ncc(C#Cc2ccc(CN3CC(OC)C3)cc2)c2cc(NC(=O)C3CC3)ncc12. The van der Waals surface area contributed by atoms with Crippen molar-refractivity contribution in [3.63, 3.8) is 0 Å². The molecule has 1 aliphatic carbocycles. The molecule has 5 rings (SSSR count). The molecular formula is C26H27N5O2. The smallest absolute Gasteiger partial charge is 0.228 e. The maximum absolute atomic E-state index is 12.2. The summed E-state index contributed by atoms with van der Waals surface area (Å²) < 4.78 is 28.0. The number of carbonyl (C=O) groups is 1. The van der Waals surface area contributed by atoms with Crippen LogP contribution >= 0.6 is 0 Å². The number of rotatable bonds is 6. The van der Waals surface area contributed by atoms with Gasteiger partial charge in [0.2, 0.25) is 5.91 Å². The zero-order valence-electron chi connectivity index (χ0n) is 21.4. The molecule has 0 atom stereocenters. The molecule has 1 aliphatic heterocycles. The third-order valence-corrected chi connectivity index (χ3v) is 6.05. The van der Waals surface area contributed by atoms with Gasteiger partial charge in [0.25, 0.3) is 0 Å². The van der Waals surface area contributed by atoms with Gasteiger partial charge in [-0.3, -0.25) is 9.69 Å². The first-order chi connectivity index (χ1) is 17.3. The number of amides is 1. The van der Waals surface area contributed by atoms with Gasteiger partial charge >= 0.3 is 0 Å². The third kappa shape index (κ3) is 4.82. The van der Waals surface area contributed by atoms with Crippen LogP contribution in [0.4, 0.5) is 11.6 Å². The molecule has 1 amide bonds. The van der Waals surface area contributed by atoms with Crippen LogP contribution < -0.4 is 10.6 Å². The highest BCUT2D eigenvalue weighted by Gasteiger charge is 2.30. The predicted octanol–water partition coefficient (Wildman–Crippen LogP) is 3.25. The number of anilines is 2. The zero-order valence-corrected chi connectivity index (χ0v) is 18.4. The number of benzene rings is 1. The van der Waals surface area contributed by atoms with E-state index in [4.69, 9.17) is 8.85 Å². The first kappa shape index (κ1) is 18.0. The molecule has 0 spiro atoms. The average molecular weight is 445 g/mol. The molecular weight excluding hydrogens is 414 g/mol. The highest BCUT2D eigenvalue weighted by Crippen LogP contribution is 2.31. The summed E-state index contributed by atoms with van der Waals surface area (Å²) in [6.45, 7) is 0.363. The van der Waals surface area contributed by atoms with Crippen molar-refractivity contribution in [3.05, 3.63) is 59.4 Å². The van der Waals surface area contributed by atoms with Gasteiger partial charge in [-0.05, 0) is 36.6 Å². The van der Waals surface area contributed by atoms with Gasteiger partial charge in [-0.2, -0.15) is 0 Å². The van der Waals surface area contributed by atoms with E-state index in [1.54, 1.807) is 19.4 Å². The number of methoxy groups -OCH3 is 1. The summed E-state index contributed by atoms with van der Waals surface area (Å²) in [6.07, 6.45) is 5.16. The summed E-state index contributed by atoms with van der Waals surface area (Å²) in [5, 5.41) is 6.47. The van der Waals surface area contributed by atoms with Gasteiger partial charge in [-0.15, -0.1) is 0 Å². The van der Waals surface area contributed by atoms with E-state index in [2.05, 4.69) is 49.5 Å². The molecule has 1 saturated carbocycles. The monoisotopic (exact) mass is 444 g/mol. The van der Waals surface area contributed by atoms with Crippen LogP contribution in [0, 0.1) is 17.8 Å². The highest BCUT2D eigenvalue weighted by atomic mass is 16.5. The second kappa shape index (κ2) is 9.18. The normalized spacial score (nSPS) is 17.8. The lowest BCUT2D eigenvalue weighted by Crippen LogP contribution is -2.50. The Morgan fingerprint density at radius 3 is 2.73 bits per heavy atom. The van der Waals surface area contributed by atoms with Crippen LogP contribution in [0.1, 0.15) is 33.6 Å². The molecule has 168 valence electrons. The van der Waals surface area contributed by atoms with E-state index in [0.717, 1.165) is 38.0 Å². The number of hydrogen-bond acceptors (Lipinski definition) is 6. The van der Waals surface area contributed by atoms with E-state index in [-0.39, 0.29) is 17.6 Å². The summed E-state index contributed by atoms with van der Waals surface area (Å²) in [5.41, 5.74) is 2.68. The lowest BCUT2D eigenvalue weighted by Gasteiger charge is -2.38. The molecule has 1 aromatic carbocycles. The van der Waals surface area contributed by atoms with E-state index in [9.17, 15) is 4.79 Å². The largest absolute Gasteiger partial charge is 0.379 e. The van der Waals surface area contributed by atoms with Crippen molar-refractivity contribution in [2.45, 2.75) is 25.5 Å². The van der Waals surface area contributed by atoms with Crippen molar-refractivity contribution in [2.24, 2.45) is 5.92 Å². The Bertz CT molecular complexity index is 1340. The van der Waals surface area contributed by atoms with Crippen LogP contribution in [-0.4, -0.2) is 54.1 Å². The second-order valence-corrected chi connectivity index (χ2v) is 8.52. The fraction of sp³-hybridized carbons (Fsp3) is 0.346. The van der Waals surface area contributed by atoms with E-state index < -0.39 is 6.98 Å². The third-order valence-electron chi connectivity index (χ3n) is 6.05. The van der Waals surface area contributed by atoms with Gasteiger partial charge in [-0.1, -0.05) is 24.0 Å². The van der Waals surface area contributed by atoms with Crippen molar-refractivity contribution in [1.82, 2.24) is 14.9 Å². The molecule has 3 aromatic rings. The van der Waals surface area contributed by atoms with E-state index >= 15 is 0 Å². The minimum absolute atomic E-state index is 0.0393. The maximum Gasteiger partial charge on any atom is 0.228 e. The maximum atomic E-state index is 12.2. The number of aromatic nitrogens is 2. The topological polar surface area (TPSA) is 79.4 Å². The molecule has 2 aromatic heterocycles. The van der Waals surface area contributed by atoms with Crippen molar-refractivity contribution >= 4 is 28.3 Å². The number of nitrogens with one attached hydrogen (secondary N) is 2. The highest BCUT2D eigenvalue weighted by molar-refractivity contribution is 5.99. The van der Waals surface area contributed by atoms with Gasteiger partial charge in [0.15, 0.2) is 0 Å². The molecule has 2 N–H and O–H groups in total. The van der Waals surface area contributed by atoms with Gasteiger partial charge in [-0.25, -0.2) is 9.97 Å². The van der Waals surface area contributed by atoms with E-state index in [0.29, 0.717) is 28.3 Å². The number of likely N-dealkylation sites (tertiary alicyclic amines) is 1. The summed E-state index contributed by atoms with van der Waals surface area (Å²) in [4.78, 5) is 23.1. The standard InChI is InChI=1S/C26H27N5O2/c1-27-25-23-13-28-24(30-26(32)19-9-10-19)11-22(23)20(12-29-25)8-7-17-3-5-18(6-4-17)14-31-15-21(16-31)33-2/h3-6,11-13,19,21H,9-10,14-16H2,1-2H3,(H,27,29)(H,28,30,32)/i1D3. The molecule has 2 aliphatic rings. The summed E-state index contributed by atoms with van der Waals surface area (Å²) in [7, 11) is 1.74. The van der Waals surface area contributed by atoms with Crippen LogP contribution in [0.3, 0.4) is 0 Å². The Balaban J connectivity index is 1.40. The average Bonchev–Trinajstić information content (AvgIpc) is 3.66. The first-order valence-electron chi connectivity index (χ1n) is 12.5. The van der Waals surface area contributed by atoms with E-state index in [1.807, 2.05) is 12.1 Å². The zero-order chi connectivity index (χ0) is 25.3. The molecule has 33 heavy (non-hydrogen) atoms. The number of fused-ring (bicyclic) bond motifs is 1. The van der Waals surface area contributed by atoms with Gasteiger partial charge in [0, 0.05) is 72.5 Å². The second-order valence-electron chi connectivity index (χ2n) is 8.52. The Morgan fingerprint density at radius 1 is 1.18 bits per heavy atom. The van der Waals surface area contributed by atoms with Crippen LogP contribution in [-0.2, 0) is 16.1 Å². The Kier molecular flexibility index (Phi) is 5.01. The summed E-state index contributed by atoms with van der Waals surface area (Å²) in [5.74, 6) is 6.90. The Labute approximate surface area is 197 Å². The minimum Gasteiger partial charge on any atom is -0.379 e. The van der Waals surface area contributed by atoms with Crippen LogP contribution in [0.15, 0.2) is 42.7 Å². The number of carbonyl (C=O) groups excluding carboxylic acids is 1. The predicted molar refractivity (Wildman–Crippen MR) is 129 cm³/mol. The van der Waals surface area contributed by atoms with Gasteiger partial charge < -0.3 is 15.4 Å². The number of hydrogen-bond donors (Lipinski definition) is 2. The fourth-order valence-electron chi connectivity index (χ4n) is 3.87. The minimum atomic E-state index is -2.41. The first-order valence-corrected chi connectivity index (χ1v) is 11.0. The molecule has 1 saturated heterocycles. The lowest BCUT2D eigenvalue weighted by atomic mass is 10.1. The lowest BCUT2D eigenvalue weighted by molar-refractivity contribution is -0.117. The van der Waals surface area contributed by atoms with E-state index in [1.165, 1.54) is 11.8 Å². The van der Waals surface area contributed by atoms with Crippen molar-refractivity contribution < 1.29 is 13.6 Å². The molecule has 7 nitrogen and oxygen atoms in total. The summed E-state index contributed by atoms with van der Waals surface area (Å²) >= 11 is 0. The van der Waals surface area contributed by atoms with Crippen molar-refractivity contribution in [1.29, 1.82) is 0 Å². The van der Waals surface area contributed by atoms with Crippen LogP contribution in [0.2, 0.25) is 0 Å². The fourth-order valence-corrected chi connectivity index (χ4v) is 3.87. The molecule has 7 heteroatoms. The Morgan fingerprint density at radius 2 is 2.00 bits per heavy atom. The van der Waals surface area contributed by atoms with Crippen molar-refractivity contribution in [3.8, 4) is 11.8 Å². The molecule has 0 bridgehead atoms.